The molecule has 0 aliphatic carbocycles. The first-order valence-electron chi connectivity index (χ1n) is 10.9. The van der Waals surface area contributed by atoms with Crippen molar-refractivity contribution in [1.82, 2.24) is 0 Å². The number of hydrogen-bond donors (Lipinski definition) is 2. The summed E-state index contributed by atoms with van der Waals surface area (Å²) in [6.07, 6.45) is 3.30. The Hall–Kier alpha value is -3.85. The van der Waals surface area contributed by atoms with Crippen molar-refractivity contribution in [2.45, 2.75) is 18.6 Å². The second kappa shape index (κ2) is 8.18. The lowest BCUT2D eigenvalue weighted by atomic mass is 9.77. The summed E-state index contributed by atoms with van der Waals surface area (Å²) in [4.78, 5) is 39.8. The molecule has 176 valence electrons. The van der Waals surface area contributed by atoms with E-state index < -0.39 is 23.5 Å². The zero-order chi connectivity index (χ0) is 24.0. The van der Waals surface area contributed by atoms with Crippen LogP contribution in [0.25, 0.3) is 0 Å². The van der Waals surface area contributed by atoms with E-state index in [1.807, 2.05) is 12.2 Å². The summed E-state index contributed by atoms with van der Waals surface area (Å²) in [5.41, 5.74) is 0.994. The Morgan fingerprint density at radius 3 is 2.32 bits per heavy atom. The fraction of sp³-hybridized carbons (Fsp3) is 0.320. The number of hydrogen-bond acceptors (Lipinski definition) is 6. The van der Waals surface area contributed by atoms with Crippen LogP contribution in [0.1, 0.15) is 6.92 Å². The molecule has 3 aliphatic heterocycles. The van der Waals surface area contributed by atoms with E-state index in [0.29, 0.717) is 35.1 Å². The third kappa shape index (κ3) is 3.58. The van der Waals surface area contributed by atoms with Gasteiger partial charge in [-0.25, -0.2) is 0 Å². The number of rotatable bonds is 6. The smallest absolute Gasteiger partial charge is 0.234 e. The Morgan fingerprint density at radius 1 is 1.03 bits per heavy atom. The van der Waals surface area contributed by atoms with Gasteiger partial charge in [-0.05, 0) is 24.3 Å². The van der Waals surface area contributed by atoms with Gasteiger partial charge in [-0.15, -0.1) is 0 Å². The molecule has 2 bridgehead atoms. The zero-order valence-electron chi connectivity index (χ0n) is 19.0. The zero-order valence-corrected chi connectivity index (χ0v) is 19.0. The highest BCUT2D eigenvalue weighted by Gasteiger charge is 2.67. The molecular weight excluding hydrogens is 438 g/mol. The Labute approximate surface area is 196 Å². The third-order valence-corrected chi connectivity index (χ3v) is 6.52. The number of carbonyl (C=O) groups excluding carboxylic acids is 3. The minimum absolute atomic E-state index is 0.164. The van der Waals surface area contributed by atoms with E-state index in [9.17, 15) is 14.4 Å². The SMILES string of the molecule is COc1cc(NC(=O)[C@H]2[C@@H]3C=C[C@@]4(CN(c5ccc(NC(C)=O)cc5)C(=O)[C@@H]24)O3)cc(OC)c1. The summed E-state index contributed by atoms with van der Waals surface area (Å²) in [6.45, 7) is 1.75. The topological polar surface area (TPSA) is 106 Å². The van der Waals surface area contributed by atoms with Gasteiger partial charge in [0.1, 0.15) is 17.1 Å². The number of methoxy groups -OCH3 is 2. The van der Waals surface area contributed by atoms with Gasteiger partial charge in [0, 0.05) is 42.2 Å². The van der Waals surface area contributed by atoms with Crippen LogP contribution in [0.3, 0.4) is 0 Å². The molecule has 3 aliphatic rings. The Balaban J connectivity index is 1.38. The van der Waals surface area contributed by atoms with Gasteiger partial charge in [-0.1, -0.05) is 12.2 Å². The van der Waals surface area contributed by atoms with Gasteiger partial charge in [-0.2, -0.15) is 0 Å². The van der Waals surface area contributed by atoms with Crippen LogP contribution >= 0.6 is 0 Å². The summed E-state index contributed by atoms with van der Waals surface area (Å²) in [7, 11) is 3.07. The molecule has 5 rings (SSSR count). The van der Waals surface area contributed by atoms with Crippen molar-refractivity contribution in [3.63, 3.8) is 0 Å². The molecule has 2 aromatic carbocycles. The molecule has 0 aromatic heterocycles. The van der Waals surface area contributed by atoms with E-state index in [-0.39, 0.29) is 17.7 Å². The molecule has 2 saturated heterocycles. The predicted molar refractivity (Wildman–Crippen MR) is 125 cm³/mol. The molecule has 9 nitrogen and oxygen atoms in total. The minimum atomic E-state index is -0.841. The summed E-state index contributed by atoms with van der Waals surface area (Å²) in [5.74, 6) is -0.850. The average molecular weight is 463 g/mol. The monoisotopic (exact) mass is 463 g/mol. The maximum absolute atomic E-state index is 13.5. The molecule has 3 heterocycles. The van der Waals surface area contributed by atoms with Crippen molar-refractivity contribution < 1.29 is 28.6 Å². The fourth-order valence-corrected chi connectivity index (χ4v) is 5.05. The summed E-state index contributed by atoms with van der Waals surface area (Å²) >= 11 is 0. The molecule has 2 N–H and O–H groups in total. The van der Waals surface area contributed by atoms with E-state index in [2.05, 4.69) is 10.6 Å². The summed E-state index contributed by atoms with van der Waals surface area (Å²) in [5, 5.41) is 5.62. The van der Waals surface area contributed by atoms with Crippen LogP contribution in [0.4, 0.5) is 17.1 Å². The Bertz CT molecular complexity index is 1170. The quantitative estimate of drug-likeness (QED) is 0.638. The minimum Gasteiger partial charge on any atom is -0.497 e. The first-order valence-corrected chi connectivity index (χ1v) is 10.9. The van der Waals surface area contributed by atoms with E-state index in [4.69, 9.17) is 14.2 Å². The first kappa shape index (κ1) is 22.0. The van der Waals surface area contributed by atoms with E-state index in [1.165, 1.54) is 21.1 Å². The van der Waals surface area contributed by atoms with E-state index in [1.54, 1.807) is 47.4 Å². The van der Waals surface area contributed by atoms with Crippen molar-refractivity contribution in [3.05, 3.63) is 54.6 Å². The van der Waals surface area contributed by atoms with Crippen LogP contribution in [-0.2, 0) is 19.1 Å². The lowest BCUT2D eigenvalue weighted by molar-refractivity contribution is -0.128. The molecule has 0 radical (unpaired) electrons. The van der Waals surface area contributed by atoms with Crippen molar-refractivity contribution in [2.24, 2.45) is 11.8 Å². The summed E-state index contributed by atoms with van der Waals surface area (Å²) in [6, 6.07) is 12.1. The van der Waals surface area contributed by atoms with Gasteiger partial charge in [0.15, 0.2) is 0 Å². The maximum atomic E-state index is 13.5. The molecule has 2 fully saturated rings. The second-order valence-corrected chi connectivity index (χ2v) is 8.64. The number of nitrogens with zero attached hydrogens (tertiary/aromatic N) is 1. The van der Waals surface area contributed by atoms with Gasteiger partial charge >= 0.3 is 0 Å². The maximum Gasteiger partial charge on any atom is 0.234 e. The van der Waals surface area contributed by atoms with Crippen LogP contribution in [0.5, 0.6) is 11.5 Å². The second-order valence-electron chi connectivity index (χ2n) is 8.64. The van der Waals surface area contributed by atoms with Crippen LogP contribution < -0.4 is 25.0 Å². The molecule has 9 heteroatoms. The lowest BCUT2D eigenvalue weighted by Gasteiger charge is -2.23. The molecule has 2 aromatic rings. The highest BCUT2D eigenvalue weighted by Crippen LogP contribution is 2.53. The van der Waals surface area contributed by atoms with Gasteiger partial charge < -0.3 is 29.7 Å². The van der Waals surface area contributed by atoms with Crippen molar-refractivity contribution in [3.8, 4) is 11.5 Å². The largest absolute Gasteiger partial charge is 0.497 e. The van der Waals surface area contributed by atoms with E-state index >= 15 is 0 Å². The molecule has 0 unspecified atom stereocenters. The molecule has 1 spiro atoms. The van der Waals surface area contributed by atoms with Crippen molar-refractivity contribution in [2.75, 3.05) is 36.3 Å². The van der Waals surface area contributed by atoms with Gasteiger partial charge in [0.2, 0.25) is 17.7 Å². The van der Waals surface area contributed by atoms with Crippen LogP contribution in [0, 0.1) is 11.8 Å². The number of ether oxygens (including phenoxy) is 3. The number of nitrogens with one attached hydrogen (secondary N) is 2. The van der Waals surface area contributed by atoms with Crippen molar-refractivity contribution in [1.29, 1.82) is 0 Å². The Kier molecular flexibility index (Phi) is 5.28. The number of carbonyl (C=O) groups is 3. The van der Waals surface area contributed by atoms with Crippen LogP contribution in [0.2, 0.25) is 0 Å². The molecule has 4 atom stereocenters. The molecule has 34 heavy (non-hydrogen) atoms. The third-order valence-electron chi connectivity index (χ3n) is 6.52. The number of anilines is 3. The van der Waals surface area contributed by atoms with Crippen molar-refractivity contribution >= 4 is 34.8 Å². The number of benzene rings is 2. The lowest BCUT2D eigenvalue weighted by Crippen LogP contribution is -2.41. The average Bonchev–Trinajstić information content (AvgIpc) is 3.47. The highest BCUT2D eigenvalue weighted by molar-refractivity contribution is 6.05. The normalized spacial score (nSPS) is 26.4. The molecule has 3 amide bonds. The van der Waals surface area contributed by atoms with Crippen LogP contribution in [-0.4, -0.2) is 50.2 Å². The predicted octanol–water partition coefficient (Wildman–Crippen LogP) is 2.59. The fourth-order valence-electron chi connectivity index (χ4n) is 5.05. The molecule has 0 saturated carbocycles. The first-order chi connectivity index (χ1) is 16.3. The van der Waals surface area contributed by atoms with E-state index in [0.717, 1.165) is 0 Å². The highest BCUT2D eigenvalue weighted by atomic mass is 16.5. The van der Waals surface area contributed by atoms with Gasteiger partial charge in [0.25, 0.3) is 0 Å². The number of fused-ring (bicyclic) bond motifs is 1. The standard InChI is InChI=1S/C25H25N3O6/c1-14(29)26-15-4-6-17(7-5-15)28-13-25-9-8-20(34-25)21(22(25)24(28)31)23(30)27-16-10-18(32-2)12-19(11-16)33-3/h4-12,20-22H,13H2,1-3H3,(H,26,29)(H,27,30)/t20-,21-,22+,25-/m0/s1. The van der Waals surface area contributed by atoms with Crippen LogP contribution in [0.15, 0.2) is 54.6 Å². The van der Waals surface area contributed by atoms with Gasteiger partial charge in [-0.3, -0.25) is 14.4 Å². The van der Waals surface area contributed by atoms with Gasteiger partial charge in [0.05, 0.1) is 38.7 Å². The summed E-state index contributed by atoms with van der Waals surface area (Å²) < 4.78 is 16.8. The number of amides is 3. The molecular formula is C25H25N3O6. The Morgan fingerprint density at radius 2 is 1.71 bits per heavy atom.